The number of methoxy groups -OCH3 is 1. The number of amides is 1. The SMILES string of the molecule is COC(=O)c1cc(OCC(=O)Nc2ccc(C)cc2Cl)c2cc(F)ccc2n1. The van der Waals surface area contributed by atoms with Crippen LogP contribution in [0.2, 0.25) is 5.02 Å². The van der Waals surface area contributed by atoms with Crippen LogP contribution in [0.15, 0.2) is 42.5 Å². The Morgan fingerprint density at radius 3 is 2.68 bits per heavy atom. The molecule has 0 bridgehead atoms. The molecule has 0 unspecified atom stereocenters. The van der Waals surface area contributed by atoms with Gasteiger partial charge in [-0.3, -0.25) is 4.79 Å². The molecular weight excluding hydrogens is 387 g/mol. The minimum Gasteiger partial charge on any atom is -0.483 e. The number of aromatic nitrogens is 1. The second kappa shape index (κ2) is 8.22. The molecule has 0 radical (unpaired) electrons. The van der Waals surface area contributed by atoms with E-state index < -0.39 is 17.7 Å². The Kier molecular flexibility index (Phi) is 5.75. The van der Waals surface area contributed by atoms with E-state index in [2.05, 4.69) is 15.0 Å². The van der Waals surface area contributed by atoms with Crippen LogP contribution in [0.25, 0.3) is 10.9 Å². The van der Waals surface area contributed by atoms with Gasteiger partial charge in [0.25, 0.3) is 5.91 Å². The highest BCUT2D eigenvalue weighted by Crippen LogP contribution is 2.27. The number of esters is 1. The second-order valence-electron chi connectivity index (χ2n) is 5.98. The molecule has 0 aliphatic rings. The zero-order valence-corrected chi connectivity index (χ0v) is 15.8. The number of pyridine rings is 1. The van der Waals surface area contributed by atoms with Gasteiger partial charge in [-0.05, 0) is 42.8 Å². The average molecular weight is 403 g/mol. The quantitative estimate of drug-likeness (QED) is 0.649. The number of halogens is 2. The van der Waals surface area contributed by atoms with Crippen LogP contribution in [0.1, 0.15) is 16.1 Å². The average Bonchev–Trinajstić information content (AvgIpc) is 2.67. The summed E-state index contributed by atoms with van der Waals surface area (Å²) in [5, 5.41) is 3.37. The van der Waals surface area contributed by atoms with Crippen LogP contribution in [0.4, 0.5) is 10.1 Å². The zero-order chi connectivity index (χ0) is 20.3. The van der Waals surface area contributed by atoms with Gasteiger partial charge in [-0.1, -0.05) is 17.7 Å². The molecule has 0 saturated heterocycles. The van der Waals surface area contributed by atoms with Crippen LogP contribution in [0, 0.1) is 12.7 Å². The van der Waals surface area contributed by atoms with Crippen LogP contribution in [0.5, 0.6) is 5.75 Å². The van der Waals surface area contributed by atoms with Gasteiger partial charge in [0.1, 0.15) is 11.6 Å². The Balaban J connectivity index is 1.83. The van der Waals surface area contributed by atoms with Crippen molar-refractivity contribution in [2.24, 2.45) is 0 Å². The van der Waals surface area contributed by atoms with Gasteiger partial charge in [-0.2, -0.15) is 0 Å². The molecule has 8 heteroatoms. The van der Waals surface area contributed by atoms with E-state index in [4.69, 9.17) is 16.3 Å². The van der Waals surface area contributed by atoms with Crippen LogP contribution in [-0.4, -0.2) is 30.6 Å². The molecular formula is C20H16ClFN2O4. The van der Waals surface area contributed by atoms with Gasteiger partial charge in [-0.25, -0.2) is 14.2 Å². The number of rotatable bonds is 5. The number of nitrogens with zero attached hydrogens (tertiary/aromatic N) is 1. The molecule has 144 valence electrons. The first-order chi connectivity index (χ1) is 13.4. The third-order valence-electron chi connectivity index (χ3n) is 3.88. The highest BCUT2D eigenvalue weighted by atomic mass is 35.5. The number of fused-ring (bicyclic) bond motifs is 1. The van der Waals surface area contributed by atoms with Crippen molar-refractivity contribution >= 4 is 40.1 Å². The van der Waals surface area contributed by atoms with E-state index in [-0.39, 0.29) is 18.1 Å². The van der Waals surface area contributed by atoms with Gasteiger partial charge in [-0.15, -0.1) is 0 Å². The van der Waals surface area contributed by atoms with Crippen molar-refractivity contribution in [1.82, 2.24) is 4.98 Å². The minimum absolute atomic E-state index is 0.0152. The number of benzene rings is 2. The third kappa shape index (κ3) is 4.37. The van der Waals surface area contributed by atoms with Crippen LogP contribution in [0.3, 0.4) is 0 Å². The maximum atomic E-state index is 13.6. The first-order valence-electron chi connectivity index (χ1n) is 8.25. The molecule has 2 aromatic carbocycles. The number of anilines is 1. The van der Waals surface area contributed by atoms with Gasteiger partial charge in [0.05, 0.1) is 23.3 Å². The summed E-state index contributed by atoms with van der Waals surface area (Å²) in [5.74, 6) is -1.50. The normalized spacial score (nSPS) is 10.6. The Morgan fingerprint density at radius 2 is 1.96 bits per heavy atom. The number of ether oxygens (including phenoxy) is 2. The summed E-state index contributed by atoms with van der Waals surface area (Å²) < 4.78 is 23.8. The zero-order valence-electron chi connectivity index (χ0n) is 15.1. The van der Waals surface area contributed by atoms with Crippen molar-refractivity contribution in [3.05, 3.63) is 64.6 Å². The van der Waals surface area contributed by atoms with E-state index >= 15 is 0 Å². The molecule has 3 rings (SSSR count). The van der Waals surface area contributed by atoms with Crippen molar-refractivity contribution in [2.75, 3.05) is 19.0 Å². The lowest BCUT2D eigenvalue weighted by atomic mass is 10.1. The molecule has 0 atom stereocenters. The summed E-state index contributed by atoms with van der Waals surface area (Å²) in [4.78, 5) is 28.2. The number of hydrogen-bond acceptors (Lipinski definition) is 5. The molecule has 28 heavy (non-hydrogen) atoms. The van der Waals surface area contributed by atoms with E-state index in [1.807, 2.05) is 13.0 Å². The molecule has 3 aromatic rings. The lowest BCUT2D eigenvalue weighted by Gasteiger charge is -2.12. The van der Waals surface area contributed by atoms with E-state index in [1.54, 1.807) is 12.1 Å². The molecule has 0 fully saturated rings. The topological polar surface area (TPSA) is 77.5 Å². The standard InChI is InChI=1S/C20H16ClFN2O4/c1-11-3-5-16(14(21)7-11)24-19(25)10-28-18-9-17(20(26)27-2)23-15-6-4-12(22)8-13(15)18/h3-9H,10H2,1-2H3,(H,24,25). The fourth-order valence-electron chi connectivity index (χ4n) is 2.55. The molecule has 6 nitrogen and oxygen atoms in total. The van der Waals surface area contributed by atoms with Crippen molar-refractivity contribution in [3.8, 4) is 5.75 Å². The predicted molar refractivity (Wildman–Crippen MR) is 103 cm³/mol. The Bertz CT molecular complexity index is 1070. The summed E-state index contributed by atoms with van der Waals surface area (Å²) in [6.45, 7) is 1.51. The molecule has 0 saturated carbocycles. The Morgan fingerprint density at radius 1 is 1.18 bits per heavy atom. The second-order valence-corrected chi connectivity index (χ2v) is 6.39. The maximum absolute atomic E-state index is 13.6. The summed E-state index contributed by atoms with van der Waals surface area (Å²) in [5.41, 5.74) is 1.72. The number of aryl methyl sites for hydroxylation is 1. The van der Waals surface area contributed by atoms with E-state index in [0.29, 0.717) is 21.6 Å². The van der Waals surface area contributed by atoms with Gasteiger partial charge in [0.15, 0.2) is 12.3 Å². The number of hydrogen-bond donors (Lipinski definition) is 1. The lowest BCUT2D eigenvalue weighted by Crippen LogP contribution is -2.20. The van der Waals surface area contributed by atoms with Gasteiger partial charge in [0.2, 0.25) is 0 Å². The summed E-state index contributed by atoms with van der Waals surface area (Å²) in [7, 11) is 1.22. The molecule has 1 heterocycles. The molecule has 0 aliphatic heterocycles. The van der Waals surface area contributed by atoms with E-state index in [0.717, 1.165) is 5.56 Å². The fraction of sp³-hybridized carbons (Fsp3) is 0.150. The maximum Gasteiger partial charge on any atom is 0.356 e. The first kappa shape index (κ1) is 19.6. The summed E-state index contributed by atoms with van der Waals surface area (Å²) in [6, 6.07) is 10.4. The number of nitrogens with one attached hydrogen (secondary N) is 1. The van der Waals surface area contributed by atoms with Crippen LogP contribution in [-0.2, 0) is 9.53 Å². The van der Waals surface area contributed by atoms with E-state index in [1.165, 1.54) is 31.4 Å². The minimum atomic E-state index is -0.674. The molecule has 0 aliphatic carbocycles. The van der Waals surface area contributed by atoms with Gasteiger partial charge in [0, 0.05) is 11.5 Å². The van der Waals surface area contributed by atoms with Crippen molar-refractivity contribution in [2.45, 2.75) is 6.92 Å². The van der Waals surface area contributed by atoms with Crippen LogP contribution >= 0.6 is 11.6 Å². The number of carbonyl (C=O) groups is 2. The Labute approximate surface area is 165 Å². The third-order valence-corrected chi connectivity index (χ3v) is 4.20. The largest absolute Gasteiger partial charge is 0.483 e. The number of carbonyl (C=O) groups excluding carboxylic acids is 2. The van der Waals surface area contributed by atoms with Crippen LogP contribution < -0.4 is 10.1 Å². The lowest BCUT2D eigenvalue weighted by molar-refractivity contribution is -0.118. The summed E-state index contributed by atoms with van der Waals surface area (Å²) >= 11 is 6.10. The van der Waals surface area contributed by atoms with Gasteiger partial charge >= 0.3 is 5.97 Å². The predicted octanol–water partition coefficient (Wildman–Crippen LogP) is 4.14. The summed E-state index contributed by atoms with van der Waals surface area (Å²) in [6.07, 6.45) is 0. The van der Waals surface area contributed by atoms with E-state index in [9.17, 15) is 14.0 Å². The molecule has 1 aromatic heterocycles. The first-order valence-corrected chi connectivity index (χ1v) is 8.62. The molecule has 1 N–H and O–H groups in total. The van der Waals surface area contributed by atoms with Gasteiger partial charge < -0.3 is 14.8 Å². The fourth-order valence-corrected chi connectivity index (χ4v) is 2.83. The highest BCUT2D eigenvalue weighted by molar-refractivity contribution is 6.33. The van der Waals surface area contributed by atoms with Crippen molar-refractivity contribution < 1.29 is 23.5 Å². The van der Waals surface area contributed by atoms with Crippen molar-refractivity contribution in [3.63, 3.8) is 0 Å². The smallest absolute Gasteiger partial charge is 0.356 e. The molecule has 1 amide bonds. The highest BCUT2D eigenvalue weighted by Gasteiger charge is 2.15. The van der Waals surface area contributed by atoms with Crippen molar-refractivity contribution in [1.29, 1.82) is 0 Å². The molecule has 0 spiro atoms. The Hall–Kier alpha value is -3.19. The monoisotopic (exact) mass is 402 g/mol.